The lowest BCUT2D eigenvalue weighted by Crippen LogP contribution is -2.18. The molecule has 4 rings (SSSR count). The minimum atomic E-state index is -4.77. The zero-order chi connectivity index (χ0) is 27.1. The molecule has 14 heteroatoms. The summed E-state index contributed by atoms with van der Waals surface area (Å²) in [5.74, 6) is -1.93. The lowest BCUT2D eigenvalue weighted by Gasteiger charge is -2.24. The molecule has 0 radical (unpaired) electrons. The lowest BCUT2D eigenvalue weighted by atomic mass is 9.97. The first-order valence-electron chi connectivity index (χ1n) is 10.7. The van der Waals surface area contributed by atoms with Gasteiger partial charge in [-0.05, 0) is 42.8 Å². The van der Waals surface area contributed by atoms with Crippen LogP contribution in [0.1, 0.15) is 53.9 Å². The highest BCUT2D eigenvalue weighted by Crippen LogP contribution is 2.47. The molecule has 0 amide bonds. The molecular formula is C23H18Cl2F5N3O4. The number of fused-ring (bicyclic) bond motifs is 3. The van der Waals surface area contributed by atoms with Gasteiger partial charge in [0.2, 0.25) is 5.82 Å². The van der Waals surface area contributed by atoms with Crippen molar-refractivity contribution >= 4 is 29.2 Å². The second-order valence-corrected chi connectivity index (χ2v) is 8.72. The number of alkyl halides is 6. The number of halogens is 7. The maximum absolute atomic E-state index is 14.4. The van der Waals surface area contributed by atoms with E-state index in [4.69, 9.17) is 37.4 Å². The van der Waals surface area contributed by atoms with Gasteiger partial charge >= 0.3 is 17.5 Å². The Morgan fingerprint density at radius 1 is 1.14 bits per heavy atom. The average Bonchev–Trinajstić information content (AvgIpc) is 3.22. The van der Waals surface area contributed by atoms with E-state index < -0.39 is 47.5 Å². The number of carbonyl (C=O) groups excluding carboxylic acids is 1. The molecule has 0 unspecified atom stereocenters. The molecule has 2 aromatic carbocycles. The third-order valence-corrected chi connectivity index (χ3v) is 6.13. The maximum Gasteiger partial charge on any atom is 0.416 e. The number of esters is 1. The van der Waals surface area contributed by atoms with E-state index >= 15 is 0 Å². The van der Waals surface area contributed by atoms with Gasteiger partial charge in [-0.15, -0.1) is 10.2 Å². The number of benzene rings is 2. The molecule has 1 aliphatic rings. The van der Waals surface area contributed by atoms with Crippen molar-refractivity contribution < 1.29 is 41.0 Å². The molecule has 0 bridgehead atoms. The molecule has 0 saturated carbocycles. The van der Waals surface area contributed by atoms with Crippen LogP contribution in [0.3, 0.4) is 0 Å². The highest BCUT2D eigenvalue weighted by Gasteiger charge is 2.43. The Bertz CT molecular complexity index is 1330. The third kappa shape index (κ3) is 5.23. The van der Waals surface area contributed by atoms with Crippen molar-refractivity contribution in [2.24, 2.45) is 0 Å². The molecule has 2 heterocycles. The Balaban J connectivity index is 2.03. The summed E-state index contributed by atoms with van der Waals surface area (Å²) >= 11 is 11.8. The Hall–Kier alpha value is -2.96. The third-order valence-electron chi connectivity index (χ3n) is 5.56. The largest absolute Gasteiger partial charge is 0.495 e. The van der Waals surface area contributed by atoms with Crippen LogP contribution in [0.2, 0.25) is 5.02 Å². The molecule has 0 aliphatic carbocycles. The number of ether oxygens (including phenoxy) is 3. The molecule has 3 aromatic rings. The van der Waals surface area contributed by atoms with E-state index in [2.05, 4.69) is 10.2 Å². The van der Waals surface area contributed by atoms with Gasteiger partial charge in [0.05, 0.1) is 36.4 Å². The summed E-state index contributed by atoms with van der Waals surface area (Å²) in [6.45, 7) is 1.58. The molecule has 0 N–H and O–H groups in total. The smallest absolute Gasteiger partial charge is 0.416 e. The van der Waals surface area contributed by atoms with Crippen molar-refractivity contribution in [1.29, 1.82) is 0 Å². The van der Waals surface area contributed by atoms with Crippen LogP contribution in [0.5, 0.6) is 5.75 Å². The van der Waals surface area contributed by atoms with Crippen molar-refractivity contribution in [3.8, 4) is 11.4 Å². The number of hydrogen-bond acceptors (Lipinski definition) is 6. The van der Waals surface area contributed by atoms with E-state index in [9.17, 15) is 26.7 Å². The number of aromatic nitrogens is 3. The quantitative estimate of drug-likeness (QED) is 0.197. The van der Waals surface area contributed by atoms with Crippen LogP contribution in [-0.2, 0) is 25.8 Å². The summed E-state index contributed by atoms with van der Waals surface area (Å²) in [4.78, 5) is 12.4. The second kappa shape index (κ2) is 10.1. The summed E-state index contributed by atoms with van der Waals surface area (Å²) in [6, 6.07) is 6.98. The van der Waals surface area contributed by atoms with Gasteiger partial charge in [0.1, 0.15) is 18.0 Å². The maximum atomic E-state index is 14.4. The Labute approximate surface area is 217 Å². The molecular weight excluding hydrogens is 548 g/mol. The van der Waals surface area contributed by atoms with Crippen molar-refractivity contribution in [3.63, 3.8) is 0 Å². The number of nitrogens with zero attached hydrogens (tertiary/aromatic N) is 3. The summed E-state index contributed by atoms with van der Waals surface area (Å²) in [5.41, 5.74) is -1.28. The minimum Gasteiger partial charge on any atom is -0.495 e. The molecule has 1 aliphatic heterocycles. The predicted octanol–water partition coefficient (Wildman–Crippen LogP) is 6.35. The Morgan fingerprint density at radius 3 is 2.49 bits per heavy atom. The van der Waals surface area contributed by atoms with E-state index in [1.54, 1.807) is 6.92 Å². The van der Waals surface area contributed by atoms with Crippen LogP contribution >= 0.6 is 23.2 Å². The zero-order valence-corrected chi connectivity index (χ0v) is 20.7. The molecule has 2 atom stereocenters. The summed E-state index contributed by atoms with van der Waals surface area (Å²) in [5, 5.41) is 3.17. The fraction of sp³-hybridized carbons (Fsp3) is 0.348. The lowest BCUT2D eigenvalue weighted by molar-refractivity contribution is -0.147. The monoisotopic (exact) mass is 565 g/mol. The molecule has 1 aromatic heterocycles. The number of hydrogen-bond donors (Lipinski definition) is 0. The second-order valence-electron chi connectivity index (χ2n) is 7.86. The fourth-order valence-corrected chi connectivity index (χ4v) is 4.43. The Kier molecular flexibility index (Phi) is 7.37. The van der Waals surface area contributed by atoms with Gasteiger partial charge in [-0.1, -0.05) is 23.7 Å². The van der Waals surface area contributed by atoms with Crippen molar-refractivity contribution in [3.05, 3.63) is 69.8 Å². The summed E-state index contributed by atoms with van der Waals surface area (Å²) in [6.07, 6.45) is -8.05. The van der Waals surface area contributed by atoms with Crippen LogP contribution in [0.15, 0.2) is 36.4 Å². The van der Waals surface area contributed by atoms with Gasteiger partial charge in [0.15, 0.2) is 5.82 Å². The fourth-order valence-electron chi connectivity index (χ4n) is 4.01. The Morgan fingerprint density at radius 2 is 1.86 bits per heavy atom. The normalized spacial score (nSPS) is 17.5. The van der Waals surface area contributed by atoms with Gasteiger partial charge in [0, 0.05) is 11.1 Å². The highest BCUT2D eigenvalue weighted by atomic mass is 35.5. The molecule has 198 valence electrons. The van der Waals surface area contributed by atoms with Gasteiger partial charge < -0.3 is 14.2 Å². The molecule has 0 fully saturated rings. The number of carbonyl (C=O) groups is 1. The topological polar surface area (TPSA) is 75.5 Å². The first-order chi connectivity index (χ1) is 17.4. The van der Waals surface area contributed by atoms with Crippen molar-refractivity contribution in [1.82, 2.24) is 14.8 Å². The first-order valence-corrected chi connectivity index (χ1v) is 11.5. The molecule has 0 spiro atoms. The SMILES string of the molecule is CCOC(=O)C[C@@H]1O[C@@H](c2cccc(OC)c2Cl)c2cc(C(F)(F)F)ccc2-n2c1nnc2C(F)(F)Cl. The van der Waals surface area contributed by atoms with E-state index in [1.807, 2.05) is 0 Å². The van der Waals surface area contributed by atoms with Crippen LogP contribution in [-0.4, -0.2) is 34.5 Å². The highest BCUT2D eigenvalue weighted by molar-refractivity contribution is 6.33. The first kappa shape index (κ1) is 27.1. The van der Waals surface area contributed by atoms with E-state index in [0.717, 1.165) is 16.7 Å². The van der Waals surface area contributed by atoms with Crippen LogP contribution in [0.4, 0.5) is 22.0 Å². The van der Waals surface area contributed by atoms with Crippen LogP contribution < -0.4 is 4.74 Å². The molecule has 0 saturated heterocycles. The van der Waals surface area contributed by atoms with E-state index in [-0.39, 0.29) is 40.0 Å². The van der Waals surface area contributed by atoms with Crippen LogP contribution in [0.25, 0.3) is 5.69 Å². The number of rotatable bonds is 6. The predicted molar refractivity (Wildman–Crippen MR) is 121 cm³/mol. The van der Waals surface area contributed by atoms with E-state index in [1.165, 1.54) is 25.3 Å². The van der Waals surface area contributed by atoms with Gasteiger partial charge in [-0.2, -0.15) is 22.0 Å². The standard InChI is InChI=1S/C23H18Cl2F5N3O4/c1-3-36-17(34)10-16-20-31-32-21(22(25,26)27)33(20)14-8-7-11(23(28,29)30)9-13(14)19(37-16)12-5-4-6-15(35-2)18(12)24/h4-9,16,19H,3,10H2,1-2H3/t16-,19-/m0/s1. The van der Waals surface area contributed by atoms with Gasteiger partial charge in [-0.25, -0.2) is 0 Å². The molecule has 37 heavy (non-hydrogen) atoms. The van der Waals surface area contributed by atoms with Gasteiger partial charge in [0.25, 0.3) is 0 Å². The minimum absolute atomic E-state index is 0.00816. The zero-order valence-electron chi connectivity index (χ0n) is 19.2. The molecule has 7 nitrogen and oxygen atoms in total. The summed E-state index contributed by atoms with van der Waals surface area (Å²) < 4.78 is 86.9. The average molecular weight is 566 g/mol. The van der Waals surface area contributed by atoms with Crippen molar-refractivity contribution in [2.75, 3.05) is 13.7 Å². The van der Waals surface area contributed by atoms with Gasteiger partial charge in [-0.3, -0.25) is 9.36 Å². The van der Waals surface area contributed by atoms with Crippen LogP contribution in [0, 0.1) is 0 Å². The van der Waals surface area contributed by atoms with Crippen molar-refractivity contribution in [2.45, 2.75) is 37.1 Å². The summed E-state index contributed by atoms with van der Waals surface area (Å²) in [7, 11) is 1.34. The number of methoxy groups -OCH3 is 1. The van der Waals surface area contributed by atoms with E-state index in [0.29, 0.717) is 6.07 Å².